The Kier molecular flexibility index (Phi) is 2.63. The highest BCUT2D eigenvalue weighted by Crippen LogP contribution is 2.21. The highest BCUT2D eigenvalue weighted by Gasteiger charge is 2.33. The van der Waals surface area contributed by atoms with E-state index in [1.165, 1.54) is 0 Å². The van der Waals surface area contributed by atoms with Crippen LogP contribution in [-0.4, -0.2) is 11.8 Å². The van der Waals surface area contributed by atoms with Crippen LogP contribution >= 0.6 is 0 Å². The number of carbonyl (C=O) groups excluding carboxylic acids is 2. The van der Waals surface area contributed by atoms with Gasteiger partial charge in [0.15, 0.2) is 0 Å². The van der Waals surface area contributed by atoms with Crippen LogP contribution in [0.5, 0.6) is 0 Å². The van der Waals surface area contributed by atoms with Crippen LogP contribution < -0.4 is 5.32 Å². The summed E-state index contributed by atoms with van der Waals surface area (Å²) >= 11 is 0. The van der Waals surface area contributed by atoms with Gasteiger partial charge in [-0.2, -0.15) is 0 Å². The summed E-state index contributed by atoms with van der Waals surface area (Å²) in [6, 6.07) is 0. The van der Waals surface area contributed by atoms with Crippen molar-refractivity contribution in [3.05, 3.63) is 12.2 Å². The Morgan fingerprint density at radius 3 is 2.67 bits per heavy atom. The molecule has 1 fully saturated rings. The van der Waals surface area contributed by atoms with Gasteiger partial charge in [-0.15, -0.1) is 0 Å². The molecule has 0 aromatic rings. The van der Waals surface area contributed by atoms with E-state index in [-0.39, 0.29) is 23.7 Å². The number of imide groups is 1. The first-order valence-electron chi connectivity index (χ1n) is 4.11. The van der Waals surface area contributed by atoms with E-state index in [1.54, 1.807) is 0 Å². The Bertz CT molecular complexity index is 233. The zero-order valence-corrected chi connectivity index (χ0v) is 7.33. The molecule has 0 saturated carbocycles. The fraction of sp³-hybridized carbons (Fsp3) is 0.556. The largest absolute Gasteiger partial charge is 0.296 e. The lowest BCUT2D eigenvalue weighted by atomic mass is 9.92. The molecular formula is C9H13NO2. The molecule has 0 radical (unpaired) electrons. The van der Waals surface area contributed by atoms with Crippen molar-refractivity contribution in [1.29, 1.82) is 0 Å². The van der Waals surface area contributed by atoms with Gasteiger partial charge in [0.1, 0.15) is 0 Å². The van der Waals surface area contributed by atoms with E-state index in [4.69, 9.17) is 0 Å². The standard InChI is InChI=1S/C9H13NO2/c1-3-4-6(2)7-5-8(11)10-9(7)12/h3-4,6-7H,5H2,1-2H3,(H,10,11,12). The number of nitrogens with one attached hydrogen (secondary N) is 1. The van der Waals surface area contributed by atoms with Crippen molar-refractivity contribution in [2.45, 2.75) is 20.3 Å². The molecule has 0 aliphatic carbocycles. The summed E-state index contributed by atoms with van der Waals surface area (Å²) in [5.41, 5.74) is 0. The van der Waals surface area contributed by atoms with Gasteiger partial charge in [-0.3, -0.25) is 14.9 Å². The number of carbonyl (C=O) groups is 2. The third kappa shape index (κ3) is 1.72. The van der Waals surface area contributed by atoms with Crippen LogP contribution in [0.15, 0.2) is 12.2 Å². The zero-order chi connectivity index (χ0) is 9.14. The second-order valence-corrected chi connectivity index (χ2v) is 3.11. The average molecular weight is 167 g/mol. The van der Waals surface area contributed by atoms with Crippen LogP contribution in [0.1, 0.15) is 20.3 Å². The molecule has 3 heteroatoms. The maximum absolute atomic E-state index is 11.1. The first-order valence-corrected chi connectivity index (χ1v) is 4.11. The van der Waals surface area contributed by atoms with Gasteiger partial charge in [-0.25, -0.2) is 0 Å². The number of hydrogen-bond acceptors (Lipinski definition) is 2. The number of hydrogen-bond donors (Lipinski definition) is 1. The minimum Gasteiger partial charge on any atom is -0.296 e. The van der Waals surface area contributed by atoms with E-state index in [1.807, 2.05) is 26.0 Å². The van der Waals surface area contributed by atoms with Crippen LogP contribution in [0.4, 0.5) is 0 Å². The van der Waals surface area contributed by atoms with Gasteiger partial charge >= 0.3 is 0 Å². The van der Waals surface area contributed by atoms with Gasteiger partial charge in [-0.1, -0.05) is 19.1 Å². The summed E-state index contributed by atoms with van der Waals surface area (Å²) in [5, 5.41) is 2.29. The molecule has 0 aromatic heterocycles. The van der Waals surface area contributed by atoms with Crippen LogP contribution in [0, 0.1) is 11.8 Å². The normalized spacial score (nSPS) is 26.3. The summed E-state index contributed by atoms with van der Waals surface area (Å²) in [4.78, 5) is 22.0. The summed E-state index contributed by atoms with van der Waals surface area (Å²) < 4.78 is 0. The van der Waals surface area contributed by atoms with E-state index in [9.17, 15) is 9.59 Å². The molecule has 3 nitrogen and oxygen atoms in total. The summed E-state index contributed by atoms with van der Waals surface area (Å²) in [5.74, 6) is -0.290. The van der Waals surface area contributed by atoms with E-state index >= 15 is 0 Å². The van der Waals surface area contributed by atoms with Crippen LogP contribution in [-0.2, 0) is 9.59 Å². The molecule has 0 bridgehead atoms. The van der Waals surface area contributed by atoms with Crippen molar-refractivity contribution in [2.75, 3.05) is 0 Å². The minimum atomic E-state index is -0.159. The van der Waals surface area contributed by atoms with Crippen molar-refractivity contribution in [1.82, 2.24) is 5.32 Å². The van der Waals surface area contributed by atoms with Gasteiger partial charge < -0.3 is 0 Å². The summed E-state index contributed by atoms with van der Waals surface area (Å²) in [7, 11) is 0. The molecule has 1 saturated heterocycles. The van der Waals surface area contributed by atoms with Crippen LogP contribution in [0.3, 0.4) is 0 Å². The first kappa shape index (κ1) is 8.97. The predicted molar refractivity (Wildman–Crippen MR) is 45.2 cm³/mol. The van der Waals surface area contributed by atoms with E-state index in [0.29, 0.717) is 6.42 Å². The third-order valence-electron chi connectivity index (χ3n) is 2.14. The van der Waals surface area contributed by atoms with E-state index in [0.717, 1.165) is 0 Å². The van der Waals surface area contributed by atoms with Crippen molar-refractivity contribution in [3.63, 3.8) is 0 Å². The molecule has 2 amide bonds. The monoisotopic (exact) mass is 167 g/mol. The molecule has 2 unspecified atom stereocenters. The molecule has 1 rings (SSSR count). The van der Waals surface area contributed by atoms with E-state index < -0.39 is 0 Å². The molecule has 1 heterocycles. The second kappa shape index (κ2) is 3.52. The van der Waals surface area contributed by atoms with Gasteiger partial charge in [0.05, 0.1) is 5.92 Å². The minimum absolute atomic E-state index is 0.134. The molecule has 1 N–H and O–H groups in total. The summed E-state index contributed by atoms with van der Waals surface area (Å²) in [6.07, 6.45) is 4.19. The highest BCUT2D eigenvalue weighted by molar-refractivity contribution is 6.03. The molecule has 1 aliphatic rings. The SMILES string of the molecule is CC=CC(C)C1CC(=O)NC1=O. The lowest BCUT2D eigenvalue weighted by Crippen LogP contribution is -2.24. The molecule has 2 atom stereocenters. The van der Waals surface area contributed by atoms with Crippen molar-refractivity contribution >= 4 is 11.8 Å². The van der Waals surface area contributed by atoms with Crippen LogP contribution in [0.25, 0.3) is 0 Å². The van der Waals surface area contributed by atoms with Gasteiger partial charge in [0.2, 0.25) is 11.8 Å². The van der Waals surface area contributed by atoms with Gasteiger partial charge in [0.25, 0.3) is 0 Å². The zero-order valence-electron chi connectivity index (χ0n) is 7.33. The molecule has 0 aromatic carbocycles. The molecule has 12 heavy (non-hydrogen) atoms. The van der Waals surface area contributed by atoms with Crippen molar-refractivity contribution in [2.24, 2.45) is 11.8 Å². The Balaban J connectivity index is 2.63. The Hall–Kier alpha value is -1.12. The molecule has 1 aliphatic heterocycles. The maximum Gasteiger partial charge on any atom is 0.230 e. The third-order valence-corrected chi connectivity index (χ3v) is 2.14. The highest BCUT2D eigenvalue weighted by atomic mass is 16.2. The topological polar surface area (TPSA) is 46.2 Å². The van der Waals surface area contributed by atoms with Gasteiger partial charge in [0, 0.05) is 6.42 Å². The van der Waals surface area contributed by atoms with E-state index in [2.05, 4.69) is 5.32 Å². The lowest BCUT2D eigenvalue weighted by molar-refractivity contribution is -0.126. The summed E-state index contributed by atoms with van der Waals surface area (Å²) in [6.45, 7) is 3.86. The number of amides is 2. The number of rotatable bonds is 2. The average Bonchev–Trinajstić information content (AvgIpc) is 2.30. The van der Waals surface area contributed by atoms with Gasteiger partial charge in [-0.05, 0) is 12.8 Å². The lowest BCUT2D eigenvalue weighted by Gasteiger charge is -2.10. The Labute approximate surface area is 71.8 Å². The molecule has 0 spiro atoms. The maximum atomic E-state index is 11.1. The molecule has 66 valence electrons. The second-order valence-electron chi connectivity index (χ2n) is 3.11. The fourth-order valence-electron chi connectivity index (χ4n) is 1.44. The predicted octanol–water partition coefficient (Wildman–Crippen LogP) is 0.861. The Morgan fingerprint density at radius 2 is 2.25 bits per heavy atom. The molecular weight excluding hydrogens is 154 g/mol. The fourth-order valence-corrected chi connectivity index (χ4v) is 1.44. The van der Waals surface area contributed by atoms with Crippen molar-refractivity contribution < 1.29 is 9.59 Å². The number of allylic oxidation sites excluding steroid dienone is 2. The Morgan fingerprint density at radius 1 is 1.58 bits per heavy atom. The first-order chi connectivity index (χ1) is 5.65. The van der Waals surface area contributed by atoms with Crippen LogP contribution in [0.2, 0.25) is 0 Å². The quantitative estimate of drug-likeness (QED) is 0.489. The van der Waals surface area contributed by atoms with Crippen molar-refractivity contribution in [3.8, 4) is 0 Å². The smallest absolute Gasteiger partial charge is 0.230 e.